The number of phenolic OH excluding ortho intramolecular Hbond substituents is 1. The summed E-state index contributed by atoms with van der Waals surface area (Å²) in [5, 5.41) is 21.3. The molecule has 0 aliphatic carbocycles. The van der Waals surface area contributed by atoms with Gasteiger partial charge in [-0.1, -0.05) is 0 Å². The van der Waals surface area contributed by atoms with E-state index in [1.54, 1.807) is 24.3 Å². The summed E-state index contributed by atoms with van der Waals surface area (Å²) >= 11 is 0. The highest BCUT2D eigenvalue weighted by Crippen LogP contribution is 2.53. The normalized spacial score (nSPS) is 24.4. The van der Waals surface area contributed by atoms with Gasteiger partial charge in [-0.25, -0.2) is 0 Å². The molecule has 2 N–H and O–H groups in total. The molecule has 0 amide bonds. The lowest BCUT2D eigenvalue weighted by molar-refractivity contribution is -0.181. The van der Waals surface area contributed by atoms with Gasteiger partial charge in [-0.15, -0.1) is 0 Å². The maximum absolute atomic E-state index is 12.6. The molecule has 3 atom stereocenters. The van der Waals surface area contributed by atoms with Crippen LogP contribution in [0.2, 0.25) is 0 Å². The Morgan fingerprint density at radius 2 is 1.66 bits per heavy atom. The summed E-state index contributed by atoms with van der Waals surface area (Å²) in [5.74, 6) is -1.91. The maximum atomic E-state index is 12.6. The second-order valence-corrected chi connectivity index (χ2v) is 7.24. The van der Waals surface area contributed by atoms with Crippen molar-refractivity contribution in [1.29, 1.82) is 0 Å². The van der Waals surface area contributed by atoms with E-state index in [0.717, 1.165) is 0 Å². The number of fused-ring (bicyclic) bond motifs is 2. The Kier molecular flexibility index (Phi) is 4.46. The molecule has 2 aliphatic heterocycles. The SMILES string of the molecule is COc1cc(C2c3cc4c(cc3OC(C)(O)C2C(C)=O)OCO4)cc(OC)c1O. The molecule has 0 spiro atoms. The monoisotopic (exact) mass is 402 g/mol. The molecule has 8 nitrogen and oxygen atoms in total. The number of hydrogen-bond acceptors (Lipinski definition) is 8. The predicted octanol–water partition coefficient (Wildman–Crippen LogP) is 2.58. The van der Waals surface area contributed by atoms with Gasteiger partial charge < -0.3 is 33.9 Å². The molecule has 3 unspecified atom stereocenters. The second-order valence-electron chi connectivity index (χ2n) is 7.24. The van der Waals surface area contributed by atoms with E-state index < -0.39 is 17.6 Å². The number of carbonyl (C=O) groups excluding carboxylic acids is 1. The molecular weight excluding hydrogens is 380 g/mol. The lowest BCUT2D eigenvalue weighted by Gasteiger charge is -2.42. The van der Waals surface area contributed by atoms with Crippen LogP contribution in [0.3, 0.4) is 0 Å². The molecule has 4 rings (SSSR count). The van der Waals surface area contributed by atoms with Gasteiger partial charge in [-0.05, 0) is 30.7 Å². The van der Waals surface area contributed by atoms with Gasteiger partial charge in [0.25, 0.3) is 0 Å². The Bertz CT molecular complexity index is 956. The molecule has 2 aromatic carbocycles. The molecule has 0 fully saturated rings. The smallest absolute Gasteiger partial charge is 0.231 e. The number of phenols is 1. The Balaban J connectivity index is 1.98. The Hall–Kier alpha value is -3.13. The van der Waals surface area contributed by atoms with Gasteiger partial charge in [-0.2, -0.15) is 0 Å². The molecule has 0 saturated heterocycles. The van der Waals surface area contributed by atoms with Crippen molar-refractivity contribution in [1.82, 2.24) is 0 Å². The van der Waals surface area contributed by atoms with Crippen molar-refractivity contribution in [3.05, 3.63) is 35.4 Å². The van der Waals surface area contributed by atoms with Crippen LogP contribution in [0.15, 0.2) is 24.3 Å². The van der Waals surface area contributed by atoms with Crippen LogP contribution in [0, 0.1) is 5.92 Å². The second kappa shape index (κ2) is 6.73. The fourth-order valence-corrected chi connectivity index (χ4v) is 4.12. The fourth-order valence-electron chi connectivity index (χ4n) is 4.12. The third-order valence-electron chi connectivity index (χ3n) is 5.37. The van der Waals surface area contributed by atoms with E-state index in [9.17, 15) is 15.0 Å². The van der Waals surface area contributed by atoms with Crippen molar-refractivity contribution in [2.45, 2.75) is 25.6 Å². The number of rotatable bonds is 4. The summed E-state index contributed by atoms with van der Waals surface area (Å²) in [5.41, 5.74) is 1.26. The zero-order chi connectivity index (χ0) is 20.9. The number of aliphatic hydroxyl groups is 1. The van der Waals surface area contributed by atoms with Crippen LogP contribution in [-0.2, 0) is 4.79 Å². The number of aromatic hydroxyl groups is 1. The van der Waals surface area contributed by atoms with Crippen LogP contribution >= 0.6 is 0 Å². The van der Waals surface area contributed by atoms with Crippen LogP contribution in [0.1, 0.15) is 30.9 Å². The largest absolute Gasteiger partial charge is 0.502 e. The topological polar surface area (TPSA) is 104 Å². The van der Waals surface area contributed by atoms with E-state index in [1.165, 1.54) is 28.1 Å². The van der Waals surface area contributed by atoms with E-state index in [-0.39, 0.29) is 29.8 Å². The summed E-state index contributed by atoms with van der Waals surface area (Å²) in [6.07, 6.45) is 0. The first-order chi connectivity index (χ1) is 13.8. The Morgan fingerprint density at radius 1 is 1.07 bits per heavy atom. The van der Waals surface area contributed by atoms with E-state index in [1.807, 2.05) is 0 Å². The summed E-state index contributed by atoms with van der Waals surface area (Å²) in [6, 6.07) is 6.63. The third-order valence-corrected chi connectivity index (χ3v) is 5.37. The van der Waals surface area contributed by atoms with E-state index in [2.05, 4.69) is 0 Å². The summed E-state index contributed by atoms with van der Waals surface area (Å²) in [6.45, 7) is 2.94. The van der Waals surface area contributed by atoms with Crippen LogP contribution in [0.25, 0.3) is 0 Å². The van der Waals surface area contributed by atoms with Gasteiger partial charge in [0.05, 0.1) is 20.1 Å². The molecule has 29 heavy (non-hydrogen) atoms. The zero-order valence-electron chi connectivity index (χ0n) is 16.5. The first-order valence-corrected chi connectivity index (χ1v) is 9.07. The van der Waals surface area contributed by atoms with Crippen LogP contribution in [-0.4, -0.2) is 42.8 Å². The highest BCUT2D eigenvalue weighted by Gasteiger charge is 2.50. The van der Waals surface area contributed by atoms with Crippen LogP contribution < -0.4 is 23.7 Å². The van der Waals surface area contributed by atoms with Crippen molar-refractivity contribution in [3.8, 4) is 34.5 Å². The highest BCUT2D eigenvalue weighted by atomic mass is 16.7. The third kappa shape index (κ3) is 3.00. The number of methoxy groups -OCH3 is 2. The van der Waals surface area contributed by atoms with Gasteiger partial charge in [0.15, 0.2) is 23.0 Å². The minimum absolute atomic E-state index is 0.0796. The van der Waals surface area contributed by atoms with Crippen molar-refractivity contribution >= 4 is 5.78 Å². The van der Waals surface area contributed by atoms with Crippen molar-refractivity contribution < 1.29 is 38.7 Å². The van der Waals surface area contributed by atoms with Crippen LogP contribution in [0.5, 0.6) is 34.5 Å². The number of hydrogen-bond donors (Lipinski definition) is 2. The van der Waals surface area contributed by atoms with Crippen molar-refractivity contribution in [2.24, 2.45) is 5.92 Å². The van der Waals surface area contributed by atoms with Crippen molar-refractivity contribution in [3.63, 3.8) is 0 Å². The Labute approximate surface area is 167 Å². The lowest BCUT2D eigenvalue weighted by Crippen LogP contribution is -2.50. The number of ether oxygens (including phenoxy) is 5. The molecular formula is C21H22O8. The first kappa shape index (κ1) is 19.2. The first-order valence-electron chi connectivity index (χ1n) is 9.07. The number of ketones is 1. The summed E-state index contributed by atoms with van der Waals surface area (Å²) < 4.78 is 27.2. The highest BCUT2D eigenvalue weighted by molar-refractivity contribution is 5.82. The van der Waals surface area contributed by atoms with Crippen LogP contribution in [0.4, 0.5) is 0 Å². The molecule has 2 heterocycles. The standard InChI is InChI=1S/C21H22O8/c1-10(22)19-18(11-5-16(25-3)20(23)17(6-11)26-4)12-7-14-15(28-9-27-14)8-13(12)29-21(19,2)24/h5-8,18-19,23-24H,9H2,1-4H3. The average molecular weight is 402 g/mol. The van der Waals surface area contributed by atoms with Gasteiger partial charge in [-0.3, -0.25) is 4.79 Å². The lowest BCUT2D eigenvalue weighted by atomic mass is 9.72. The molecule has 8 heteroatoms. The molecule has 2 aliphatic rings. The fraction of sp³-hybridized carbons (Fsp3) is 0.381. The van der Waals surface area contributed by atoms with E-state index in [0.29, 0.717) is 28.4 Å². The van der Waals surface area contributed by atoms with Gasteiger partial charge in [0.1, 0.15) is 11.5 Å². The Morgan fingerprint density at radius 3 is 2.21 bits per heavy atom. The van der Waals surface area contributed by atoms with E-state index in [4.69, 9.17) is 23.7 Å². The van der Waals surface area contributed by atoms with Crippen molar-refractivity contribution in [2.75, 3.05) is 21.0 Å². The molecule has 0 aromatic heterocycles. The average Bonchev–Trinajstić information content (AvgIpc) is 3.12. The molecule has 0 radical (unpaired) electrons. The van der Waals surface area contributed by atoms with Gasteiger partial charge in [0, 0.05) is 24.5 Å². The summed E-state index contributed by atoms with van der Waals surface area (Å²) in [4.78, 5) is 12.6. The minimum atomic E-state index is -1.77. The minimum Gasteiger partial charge on any atom is -0.502 e. The number of Topliss-reactive ketones (excluding diaryl/α,β-unsaturated/α-hetero) is 1. The number of carbonyl (C=O) groups is 1. The number of benzene rings is 2. The molecule has 2 aromatic rings. The quantitative estimate of drug-likeness (QED) is 0.804. The predicted molar refractivity (Wildman–Crippen MR) is 101 cm³/mol. The molecule has 0 bridgehead atoms. The molecule has 0 saturated carbocycles. The molecule has 154 valence electrons. The van der Waals surface area contributed by atoms with E-state index >= 15 is 0 Å². The van der Waals surface area contributed by atoms with Gasteiger partial charge in [0.2, 0.25) is 18.3 Å². The zero-order valence-corrected chi connectivity index (χ0v) is 16.5. The van der Waals surface area contributed by atoms with Gasteiger partial charge >= 0.3 is 0 Å². The maximum Gasteiger partial charge on any atom is 0.231 e. The summed E-state index contributed by atoms with van der Waals surface area (Å²) in [7, 11) is 2.85.